The number of anilines is 1. The summed E-state index contributed by atoms with van der Waals surface area (Å²) in [7, 11) is 0. The number of aryl methyl sites for hydroxylation is 2. The van der Waals surface area contributed by atoms with E-state index in [0.29, 0.717) is 21.8 Å². The molecule has 0 fully saturated rings. The fourth-order valence-electron chi connectivity index (χ4n) is 1.88. The molecule has 20 heavy (non-hydrogen) atoms. The average molecular weight is 312 g/mol. The number of nitrogens with one attached hydrogen (secondary N) is 1. The second-order valence-electron chi connectivity index (χ2n) is 4.24. The summed E-state index contributed by atoms with van der Waals surface area (Å²) in [6.45, 7) is 3.22. The van der Waals surface area contributed by atoms with Gasteiger partial charge in [0.15, 0.2) is 0 Å². The van der Waals surface area contributed by atoms with Gasteiger partial charge in [0.05, 0.1) is 21.3 Å². The SMILES string of the molecule is Cc1cc(=O)oc(C)c1C(=O)Nc1cccc(Cl)c1Cl. The average Bonchev–Trinajstić information content (AvgIpc) is 2.33. The lowest BCUT2D eigenvalue weighted by Gasteiger charge is -2.10. The van der Waals surface area contributed by atoms with Crippen LogP contribution >= 0.6 is 23.2 Å². The van der Waals surface area contributed by atoms with Crippen LogP contribution < -0.4 is 10.9 Å². The fraction of sp³-hybridized carbons (Fsp3) is 0.143. The molecule has 1 aromatic carbocycles. The van der Waals surface area contributed by atoms with Crippen LogP contribution in [0.5, 0.6) is 0 Å². The third-order valence-corrected chi connectivity index (χ3v) is 3.58. The van der Waals surface area contributed by atoms with E-state index in [2.05, 4.69) is 5.32 Å². The number of carbonyl (C=O) groups is 1. The normalized spacial score (nSPS) is 10.4. The van der Waals surface area contributed by atoms with Crippen LogP contribution in [0, 0.1) is 13.8 Å². The van der Waals surface area contributed by atoms with E-state index in [1.807, 2.05) is 0 Å². The predicted molar refractivity (Wildman–Crippen MR) is 78.9 cm³/mol. The van der Waals surface area contributed by atoms with E-state index < -0.39 is 11.5 Å². The summed E-state index contributed by atoms with van der Waals surface area (Å²) in [6, 6.07) is 6.20. The summed E-state index contributed by atoms with van der Waals surface area (Å²) >= 11 is 11.9. The molecule has 0 bridgehead atoms. The Bertz CT molecular complexity index is 711. The van der Waals surface area contributed by atoms with Crippen LogP contribution in [0.4, 0.5) is 5.69 Å². The number of hydrogen-bond acceptors (Lipinski definition) is 3. The summed E-state index contributed by atoms with van der Waals surface area (Å²) in [6.07, 6.45) is 0. The Morgan fingerprint density at radius 1 is 1.25 bits per heavy atom. The molecule has 6 heteroatoms. The largest absolute Gasteiger partial charge is 0.427 e. The van der Waals surface area contributed by atoms with Gasteiger partial charge in [-0.05, 0) is 31.5 Å². The highest BCUT2D eigenvalue weighted by atomic mass is 35.5. The first-order chi connectivity index (χ1) is 9.40. The smallest absolute Gasteiger partial charge is 0.336 e. The molecule has 0 unspecified atom stereocenters. The van der Waals surface area contributed by atoms with E-state index in [1.54, 1.807) is 32.0 Å². The fourth-order valence-corrected chi connectivity index (χ4v) is 2.23. The van der Waals surface area contributed by atoms with Crippen LogP contribution in [0.3, 0.4) is 0 Å². The highest BCUT2D eigenvalue weighted by Crippen LogP contribution is 2.30. The van der Waals surface area contributed by atoms with Crippen LogP contribution in [0.2, 0.25) is 10.0 Å². The monoisotopic (exact) mass is 311 g/mol. The van der Waals surface area contributed by atoms with Crippen LogP contribution in [0.25, 0.3) is 0 Å². The minimum Gasteiger partial charge on any atom is -0.427 e. The zero-order valence-electron chi connectivity index (χ0n) is 10.8. The van der Waals surface area contributed by atoms with Crippen molar-refractivity contribution >= 4 is 34.8 Å². The maximum Gasteiger partial charge on any atom is 0.336 e. The first kappa shape index (κ1) is 14.6. The van der Waals surface area contributed by atoms with Crippen molar-refractivity contribution in [2.75, 3.05) is 5.32 Å². The Kier molecular flexibility index (Phi) is 4.16. The zero-order chi connectivity index (χ0) is 14.9. The molecule has 2 aromatic rings. The molecule has 0 atom stereocenters. The number of carbonyl (C=O) groups excluding carboxylic acids is 1. The second-order valence-corrected chi connectivity index (χ2v) is 5.02. The summed E-state index contributed by atoms with van der Waals surface area (Å²) in [4.78, 5) is 23.5. The van der Waals surface area contributed by atoms with Gasteiger partial charge in [0, 0.05) is 6.07 Å². The maximum atomic E-state index is 12.3. The molecule has 0 saturated heterocycles. The Morgan fingerprint density at radius 3 is 2.60 bits per heavy atom. The van der Waals surface area contributed by atoms with Crippen molar-refractivity contribution in [3.8, 4) is 0 Å². The topological polar surface area (TPSA) is 59.3 Å². The number of halogens is 2. The lowest BCUT2D eigenvalue weighted by Crippen LogP contribution is -2.17. The van der Waals surface area contributed by atoms with Crippen molar-refractivity contribution in [2.45, 2.75) is 13.8 Å². The van der Waals surface area contributed by atoms with E-state index >= 15 is 0 Å². The summed E-state index contributed by atoms with van der Waals surface area (Å²) in [5, 5.41) is 3.26. The van der Waals surface area contributed by atoms with Gasteiger partial charge in [-0.15, -0.1) is 0 Å². The molecule has 2 rings (SSSR count). The molecule has 1 N–H and O–H groups in total. The Labute approximate surface area is 125 Å². The van der Waals surface area contributed by atoms with Crippen LogP contribution in [-0.2, 0) is 0 Å². The number of rotatable bonds is 2. The van der Waals surface area contributed by atoms with Crippen molar-refractivity contribution in [1.82, 2.24) is 0 Å². The zero-order valence-corrected chi connectivity index (χ0v) is 12.3. The number of hydrogen-bond donors (Lipinski definition) is 1. The van der Waals surface area contributed by atoms with E-state index in [4.69, 9.17) is 27.6 Å². The predicted octanol–water partition coefficient (Wildman–Crippen LogP) is 3.82. The lowest BCUT2D eigenvalue weighted by molar-refractivity contribution is 0.102. The van der Waals surface area contributed by atoms with E-state index in [9.17, 15) is 9.59 Å². The number of amides is 1. The molecule has 0 aliphatic rings. The Morgan fingerprint density at radius 2 is 1.95 bits per heavy atom. The van der Waals surface area contributed by atoms with Crippen LogP contribution in [0.1, 0.15) is 21.7 Å². The molecule has 4 nitrogen and oxygen atoms in total. The van der Waals surface area contributed by atoms with Crippen molar-refractivity contribution in [3.63, 3.8) is 0 Å². The van der Waals surface area contributed by atoms with Gasteiger partial charge in [-0.2, -0.15) is 0 Å². The highest BCUT2D eigenvalue weighted by Gasteiger charge is 2.16. The molecule has 0 aliphatic heterocycles. The molecule has 1 aromatic heterocycles. The second kappa shape index (κ2) is 5.69. The van der Waals surface area contributed by atoms with E-state index in [0.717, 1.165) is 0 Å². The minimum absolute atomic E-state index is 0.255. The Hall–Kier alpha value is -1.78. The minimum atomic E-state index is -0.489. The van der Waals surface area contributed by atoms with E-state index in [-0.39, 0.29) is 10.8 Å². The molecule has 0 spiro atoms. The van der Waals surface area contributed by atoms with Crippen molar-refractivity contribution < 1.29 is 9.21 Å². The van der Waals surface area contributed by atoms with Crippen molar-refractivity contribution in [1.29, 1.82) is 0 Å². The summed E-state index contributed by atoms with van der Waals surface area (Å²) in [5.74, 6) is -0.154. The molecular formula is C14H11Cl2NO3. The molecule has 1 amide bonds. The molecule has 104 valence electrons. The summed E-state index contributed by atoms with van der Waals surface area (Å²) < 4.78 is 4.93. The lowest BCUT2D eigenvalue weighted by atomic mass is 10.1. The van der Waals surface area contributed by atoms with E-state index in [1.165, 1.54) is 6.07 Å². The van der Waals surface area contributed by atoms with Gasteiger partial charge in [0.2, 0.25) is 0 Å². The molecule has 0 aliphatic carbocycles. The molecule has 0 saturated carbocycles. The maximum absolute atomic E-state index is 12.3. The first-order valence-electron chi connectivity index (χ1n) is 5.77. The standard InChI is InChI=1S/C14H11Cl2NO3/c1-7-6-11(18)20-8(2)12(7)14(19)17-10-5-3-4-9(15)13(10)16/h3-6H,1-2H3,(H,17,19). The molecule has 0 radical (unpaired) electrons. The van der Waals surface area contributed by atoms with Gasteiger partial charge in [-0.25, -0.2) is 4.79 Å². The van der Waals surface area contributed by atoms with Gasteiger partial charge in [-0.1, -0.05) is 29.3 Å². The quantitative estimate of drug-likeness (QED) is 0.917. The van der Waals surface area contributed by atoms with Gasteiger partial charge in [0.1, 0.15) is 5.76 Å². The van der Waals surface area contributed by atoms with Crippen molar-refractivity contribution in [3.05, 3.63) is 61.6 Å². The van der Waals surface area contributed by atoms with Crippen molar-refractivity contribution in [2.24, 2.45) is 0 Å². The van der Waals surface area contributed by atoms with Gasteiger partial charge in [-0.3, -0.25) is 4.79 Å². The van der Waals surface area contributed by atoms with Gasteiger partial charge >= 0.3 is 5.63 Å². The molecular weight excluding hydrogens is 301 g/mol. The molecule has 1 heterocycles. The summed E-state index contributed by atoms with van der Waals surface area (Å²) in [5.41, 5.74) is 0.751. The van der Waals surface area contributed by atoms with Crippen LogP contribution in [0.15, 0.2) is 33.5 Å². The highest BCUT2D eigenvalue weighted by molar-refractivity contribution is 6.44. The third-order valence-electron chi connectivity index (χ3n) is 2.76. The van der Waals surface area contributed by atoms with Crippen LogP contribution in [-0.4, -0.2) is 5.91 Å². The number of benzene rings is 1. The first-order valence-corrected chi connectivity index (χ1v) is 6.52. The third kappa shape index (κ3) is 2.86. The van der Waals surface area contributed by atoms with Gasteiger partial charge < -0.3 is 9.73 Å². The van der Waals surface area contributed by atoms with Gasteiger partial charge in [0.25, 0.3) is 5.91 Å². The Balaban J connectivity index is 2.39.